The summed E-state index contributed by atoms with van der Waals surface area (Å²) in [5.74, 6) is 0. The summed E-state index contributed by atoms with van der Waals surface area (Å²) in [6.45, 7) is 8.54. The van der Waals surface area contributed by atoms with Gasteiger partial charge in [-0.2, -0.15) is 5.10 Å². The van der Waals surface area contributed by atoms with Crippen molar-refractivity contribution < 1.29 is 14.6 Å². The molecule has 0 aliphatic rings. The fourth-order valence-electron chi connectivity index (χ4n) is 2.67. The largest absolute Gasteiger partial charge is 0.464 e. The molecule has 0 aliphatic heterocycles. The SMILES string of the molecule is COCCn1c(=O)n(CC(C)(C)C)c(=O)c2c(C)c(/C=N\NC(=O)O)sc21. The molecule has 0 radical (unpaired) electrons. The number of fused-ring (bicyclic) bond motifs is 1. The van der Waals surface area contributed by atoms with Gasteiger partial charge in [-0.1, -0.05) is 20.8 Å². The van der Waals surface area contributed by atoms with Crippen LogP contribution < -0.4 is 16.7 Å². The van der Waals surface area contributed by atoms with Crippen LogP contribution in [0.3, 0.4) is 0 Å². The second kappa shape index (κ2) is 8.05. The number of nitrogens with zero attached hydrogens (tertiary/aromatic N) is 3. The smallest absolute Gasteiger partial charge is 0.425 e. The van der Waals surface area contributed by atoms with Crippen molar-refractivity contribution in [2.45, 2.75) is 40.8 Å². The Hall–Kier alpha value is -2.46. The molecule has 27 heavy (non-hydrogen) atoms. The first-order valence-corrected chi connectivity index (χ1v) is 9.16. The van der Waals surface area contributed by atoms with Gasteiger partial charge in [0.2, 0.25) is 0 Å². The topological polar surface area (TPSA) is 115 Å². The van der Waals surface area contributed by atoms with Crippen LogP contribution in [-0.2, 0) is 17.8 Å². The lowest BCUT2D eigenvalue weighted by atomic mass is 9.97. The number of carboxylic acid groups (broad SMARTS) is 1. The Morgan fingerprint density at radius 2 is 2.00 bits per heavy atom. The molecule has 0 aromatic carbocycles. The highest BCUT2D eigenvalue weighted by Crippen LogP contribution is 2.27. The van der Waals surface area contributed by atoms with Gasteiger partial charge >= 0.3 is 11.8 Å². The average Bonchev–Trinajstić information content (AvgIpc) is 2.87. The van der Waals surface area contributed by atoms with Gasteiger partial charge in [-0.15, -0.1) is 11.3 Å². The minimum Gasteiger partial charge on any atom is -0.464 e. The minimum absolute atomic E-state index is 0.255. The molecule has 10 heteroatoms. The summed E-state index contributed by atoms with van der Waals surface area (Å²) in [7, 11) is 1.54. The zero-order valence-corrected chi connectivity index (χ0v) is 16.8. The summed E-state index contributed by atoms with van der Waals surface area (Å²) in [6, 6.07) is 0. The molecule has 0 spiro atoms. The van der Waals surface area contributed by atoms with Gasteiger partial charge in [0, 0.05) is 13.7 Å². The van der Waals surface area contributed by atoms with E-state index in [-0.39, 0.29) is 23.2 Å². The molecular weight excluding hydrogens is 372 g/mol. The standard InChI is InChI=1S/C17H24N4O5S/c1-10-11(8-18-19-15(23)24)27-14-12(10)13(22)21(9-17(2,3)4)16(25)20(14)6-7-26-5/h8,19H,6-7,9H2,1-5H3,(H,23,24)/b18-8-. The van der Waals surface area contributed by atoms with Crippen molar-refractivity contribution in [3.63, 3.8) is 0 Å². The van der Waals surface area contributed by atoms with Crippen molar-refractivity contribution >= 4 is 33.9 Å². The van der Waals surface area contributed by atoms with Gasteiger partial charge in [0.15, 0.2) is 0 Å². The molecule has 2 rings (SSSR count). The van der Waals surface area contributed by atoms with Gasteiger partial charge < -0.3 is 9.84 Å². The van der Waals surface area contributed by atoms with Gasteiger partial charge in [0.25, 0.3) is 5.56 Å². The summed E-state index contributed by atoms with van der Waals surface area (Å²) in [5, 5.41) is 12.7. The number of nitrogens with one attached hydrogen (secondary N) is 1. The number of hydrogen-bond acceptors (Lipinski definition) is 6. The van der Waals surface area contributed by atoms with Crippen molar-refractivity contribution in [3.8, 4) is 0 Å². The molecule has 0 unspecified atom stereocenters. The molecule has 2 aromatic heterocycles. The fourth-order valence-corrected chi connectivity index (χ4v) is 3.87. The molecule has 148 valence electrons. The number of carbonyl (C=O) groups is 1. The van der Waals surface area contributed by atoms with Crippen molar-refractivity contribution in [1.29, 1.82) is 0 Å². The molecule has 0 aliphatic carbocycles. The Bertz CT molecular complexity index is 994. The fraction of sp³-hybridized carbons (Fsp3) is 0.529. The van der Waals surface area contributed by atoms with Gasteiger partial charge in [0.05, 0.1) is 29.6 Å². The lowest BCUT2D eigenvalue weighted by Gasteiger charge is -2.20. The normalized spacial score (nSPS) is 12.2. The van der Waals surface area contributed by atoms with E-state index in [9.17, 15) is 14.4 Å². The summed E-state index contributed by atoms with van der Waals surface area (Å²) in [4.78, 5) is 37.7. The summed E-state index contributed by atoms with van der Waals surface area (Å²) in [5.41, 5.74) is 1.58. The molecule has 0 fully saturated rings. The molecule has 0 bridgehead atoms. The second-order valence-corrected chi connectivity index (χ2v) is 8.36. The Labute approximate surface area is 159 Å². The van der Waals surface area contributed by atoms with Crippen molar-refractivity contribution in [2.75, 3.05) is 13.7 Å². The van der Waals surface area contributed by atoms with E-state index < -0.39 is 6.09 Å². The monoisotopic (exact) mass is 396 g/mol. The van der Waals surface area contributed by atoms with Gasteiger partial charge in [-0.3, -0.25) is 13.9 Å². The zero-order valence-electron chi connectivity index (χ0n) is 16.0. The van der Waals surface area contributed by atoms with Gasteiger partial charge in [-0.05, 0) is 17.9 Å². The molecule has 9 nitrogen and oxygen atoms in total. The van der Waals surface area contributed by atoms with Crippen LogP contribution in [0.4, 0.5) is 4.79 Å². The van der Waals surface area contributed by atoms with Crippen LogP contribution in [0, 0.1) is 12.3 Å². The third kappa shape index (κ3) is 4.64. The van der Waals surface area contributed by atoms with Crippen LogP contribution in [0.25, 0.3) is 10.2 Å². The van der Waals surface area contributed by atoms with E-state index in [4.69, 9.17) is 9.84 Å². The highest BCUT2D eigenvalue weighted by molar-refractivity contribution is 7.20. The van der Waals surface area contributed by atoms with E-state index in [0.29, 0.717) is 33.8 Å². The first-order valence-electron chi connectivity index (χ1n) is 8.34. The number of aromatic nitrogens is 2. The number of ether oxygens (including phenoxy) is 1. The second-order valence-electron chi connectivity index (χ2n) is 7.33. The van der Waals surface area contributed by atoms with E-state index in [2.05, 4.69) is 5.10 Å². The van der Waals surface area contributed by atoms with Crippen LogP contribution in [0.2, 0.25) is 0 Å². The first kappa shape index (κ1) is 20.8. The summed E-state index contributed by atoms with van der Waals surface area (Å²) in [6.07, 6.45) is 0.0573. The third-order valence-corrected chi connectivity index (χ3v) is 5.07. The number of hydrogen-bond donors (Lipinski definition) is 2. The van der Waals surface area contributed by atoms with Crippen LogP contribution in [0.1, 0.15) is 31.2 Å². The first-order chi connectivity index (χ1) is 12.6. The van der Waals surface area contributed by atoms with Crippen LogP contribution in [0.5, 0.6) is 0 Å². The molecule has 2 heterocycles. The van der Waals surface area contributed by atoms with Crippen LogP contribution in [0.15, 0.2) is 14.7 Å². The lowest BCUT2D eigenvalue weighted by molar-refractivity contribution is 0.186. The van der Waals surface area contributed by atoms with E-state index in [1.165, 1.54) is 26.7 Å². The van der Waals surface area contributed by atoms with E-state index in [1.54, 1.807) is 14.0 Å². The predicted octanol–water partition coefficient (Wildman–Crippen LogP) is 1.83. The Morgan fingerprint density at radius 3 is 2.56 bits per heavy atom. The molecular formula is C17H24N4O5S. The predicted molar refractivity (Wildman–Crippen MR) is 105 cm³/mol. The van der Waals surface area contributed by atoms with E-state index in [1.807, 2.05) is 26.2 Å². The molecule has 1 amide bonds. The van der Waals surface area contributed by atoms with Crippen molar-refractivity contribution in [1.82, 2.24) is 14.6 Å². The van der Waals surface area contributed by atoms with Crippen LogP contribution >= 0.6 is 11.3 Å². The molecule has 2 N–H and O–H groups in total. The summed E-state index contributed by atoms with van der Waals surface area (Å²) >= 11 is 1.22. The Morgan fingerprint density at radius 1 is 1.33 bits per heavy atom. The van der Waals surface area contributed by atoms with Crippen molar-refractivity contribution in [3.05, 3.63) is 31.3 Å². The maximum Gasteiger partial charge on any atom is 0.425 e. The lowest BCUT2D eigenvalue weighted by Crippen LogP contribution is -2.42. The highest BCUT2D eigenvalue weighted by atomic mass is 32.1. The number of thiophene rings is 1. The van der Waals surface area contributed by atoms with Crippen molar-refractivity contribution in [2.24, 2.45) is 10.5 Å². The quantitative estimate of drug-likeness (QED) is 0.571. The summed E-state index contributed by atoms with van der Waals surface area (Å²) < 4.78 is 7.90. The average molecular weight is 396 g/mol. The maximum absolute atomic E-state index is 13.0. The number of amides is 1. The minimum atomic E-state index is -1.28. The number of hydrazone groups is 1. The maximum atomic E-state index is 13.0. The number of rotatable bonds is 6. The Kier molecular flexibility index (Phi) is 6.22. The number of aryl methyl sites for hydroxylation is 1. The third-order valence-electron chi connectivity index (χ3n) is 3.82. The Balaban J connectivity index is 2.75. The molecule has 2 aromatic rings. The highest BCUT2D eigenvalue weighted by Gasteiger charge is 2.22. The van der Waals surface area contributed by atoms with Gasteiger partial charge in [-0.25, -0.2) is 15.0 Å². The zero-order chi connectivity index (χ0) is 20.4. The van der Waals surface area contributed by atoms with E-state index in [0.717, 1.165) is 0 Å². The van der Waals surface area contributed by atoms with Crippen LogP contribution in [-0.4, -0.2) is 40.3 Å². The van der Waals surface area contributed by atoms with Gasteiger partial charge in [0.1, 0.15) is 4.83 Å². The molecule has 0 saturated carbocycles. The number of methoxy groups -OCH3 is 1. The molecule has 0 atom stereocenters. The molecule has 0 saturated heterocycles. The van der Waals surface area contributed by atoms with E-state index >= 15 is 0 Å².